The smallest absolute Gasteiger partial charge is 0.294 e. The van der Waals surface area contributed by atoms with Crippen molar-refractivity contribution in [3.63, 3.8) is 0 Å². The van der Waals surface area contributed by atoms with Crippen LogP contribution in [0.3, 0.4) is 0 Å². The number of aromatic nitrogens is 4. The second-order valence-corrected chi connectivity index (χ2v) is 6.94. The molecule has 0 aliphatic rings. The predicted molar refractivity (Wildman–Crippen MR) is 101 cm³/mol. The van der Waals surface area contributed by atoms with Crippen LogP contribution in [-0.2, 0) is 6.42 Å². The maximum atomic E-state index is 13.5. The van der Waals surface area contributed by atoms with Gasteiger partial charge in [0.1, 0.15) is 16.7 Å². The highest BCUT2D eigenvalue weighted by molar-refractivity contribution is 9.10. The molecule has 2 aromatic heterocycles. The average Bonchev–Trinajstić information content (AvgIpc) is 2.66. The molecular weight excluding hydrogens is 476 g/mol. The summed E-state index contributed by atoms with van der Waals surface area (Å²) < 4.78 is 32.8. The van der Waals surface area contributed by atoms with E-state index in [-0.39, 0.29) is 34.3 Å². The lowest BCUT2D eigenvalue weighted by Gasteiger charge is -2.11. The standard InChI is InChI=1S/C17H9BrClF2N5O3/c18-9-1-7(6-22)2-10(5-9)29-14-13(15(20)21)23-12(24-17(14)28)4-8-3-11(19)25-26-16(8)27/h1-3,5,15H,4H2,(H,26,27)(H,23,24,28). The number of benzene rings is 1. The van der Waals surface area contributed by atoms with Crippen molar-refractivity contribution in [3.8, 4) is 17.6 Å². The maximum absolute atomic E-state index is 13.5. The van der Waals surface area contributed by atoms with E-state index in [2.05, 4.69) is 36.1 Å². The number of aromatic amines is 2. The molecule has 3 aromatic rings. The van der Waals surface area contributed by atoms with E-state index in [0.717, 1.165) is 0 Å². The maximum Gasteiger partial charge on any atom is 0.294 e. The fourth-order valence-electron chi connectivity index (χ4n) is 2.39. The number of rotatable bonds is 5. The Morgan fingerprint density at radius 2 is 2.00 bits per heavy atom. The van der Waals surface area contributed by atoms with Crippen LogP contribution in [0.15, 0.2) is 38.3 Å². The quantitative estimate of drug-likeness (QED) is 0.571. The molecule has 0 atom stereocenters. The van der Waals surface area contributed by atoms with Gasteiger partial charge in [0.25, 0.3) is 17.5 Å². The van der Waals surface area contributed by atoms with E-state index in [1.54, 1.807) is 0 Å². The van der Waals surface area contributed by atoms with Crippen LogP contribution in [0.5, 0.6) is 11.5 Å². The fraction of sp³-hybridized carbons (Fsp3) is 0.118. The molecule has 0 bridgehead atoms. The number of alkyl halides is 2. The summed E-state index contributed by atoms with van der Waals surface area (Å²) in [4.78, 5) is 30.2. The number of H-pyrrole nitrogens is 2. The predicted octanol–water partition coefficient (Wildman–Crippen LogP) is 3.46. The molecule has 0 saturated heterocycles. The molecule has 0 aliphatic carbocycles. The van der Waals surface area contributed by atoms with Crippen LogP contribution in [-0.4, -0.2) is 20.2 Å². The first-order valence-electron chi connectivity index (χ1n) is 7.80. The van der Waals surface area contributed by atoms with Crippen LogP contribution in [0.1, 0.15) is 29.1 Å². The van der Waals surface area contributed by atoms with Crippen LogP contribution < -0.4 is 15.9 Å². The Morgan fingerprint density at radius 1 is 1.24 bits per heavy atom. The topological polar surface area (TPSA) is 125 Å². The van der Waals surface area contributed by atoms with E-state index in [0.29, 0.717) is 4.47 Å². The number of halogens is 4. The first-order chi connectivity index (χ1) is 13.8. The van der Waals surface area contributed by atoms with E-state index in [1.165, 1.54) is 24.3 Å². The summed E-state index contributed by atoms with van der Waals surface area (Å²) >= 11 is 8.87. The third-order valence-corrected chi connectivity index (χ3v) is 4.24. The van der Waals surface area contributed by atoms with E-state index in [9.17, 15) is 18.4 Å². The SMILES string of the molecule is N#Cc1cc(Br)cc(Oc2c(C(F)F)nc(Cc3cc(Cl)n[nH]c3=O)[nH]c2=O)c1. The summed E-state index contributed by atoms with van der Waals surface area (Å²) in [6.45, 7) is 0. The number of hydrogen-bond acceptors (Lipinski definition) is 6. The minimum atomic E-state index is -3.13. The van der Waals surface area contributed by atoms with Gasteiger partial charge in [0.05, 0.1) is 11.6 Å². The van der Waals surface area contributed by atoms with E-state index in [1.807, 2.05) is 6.07 Å². The van der Waals surface area contributed by atoms with Gasteiger partial charge in [-0.15, -0.1) is 0 Å². The van der Waals surface area contributed by atoms with Gasteiger partial charge in [0, 0.05) is 16.5 Å². The highest BCUT2D eigenvalue weighted by Gasteiger charge is 2.22. The minimum absolute atomic E-state index is 0.00441. The van der Waals surface area contributed by atoms with Gasteiger partial charge in [0.2, 0.25) is 5.75 Å². The average molecular weight is 485 g/mol. The molecule has 1 aromatic carbocycles. The Morgan fingerprint density at radius 3 is 2.69 bits per heavy atom. The van der Waals surface area contributed by atoms with Crippen molar-refractivity contribution in [2.75, 3.05) is 0 Å². The Bertz CT molecular complexity index is 1240. The van der Waals surface area contributed by atoms with Gasteiger partial charge >= 0.3 is 0 Å². The zero-order chi connectivity index (χ0) is 21.1. The van der Waals surface area contributed by atoms with Crippen LogP contribution >= 0.6 is 27.5 Å². The third-order valence-electron chi connectivity index (χ3n) is 3.59. The van der Waals surface area contributed by atoms with Crippen molar-refractivity contribution in [2.45, 2.75) is 12.8 Å². The van der Waals surface area contributed by atoms with Gasteiger partial charge < -0.3 is 9.72 Å². The van der Waals surface area contributed by atoms with Crippen LogP contribution in [0.4, 0.5) is 8.78 Å². The number of nitrogens with zero attached hydrogens (tertiary/aromatic N) is 3. The molecule has 148 valence electrons. The molecule has 0 fully saturated rings. The first kappa shape index (κ1) is 20.6. The molecule has 0 unspecified atom stereocenters. The largest absolute Gasteiger partial charge is 0.449 e. The summed E-state index contributed by atoms with van der Waals surface area (Å²) in [7, 11) is 0. The molecule has 29 heavy (non-hydrogen) atoms. The first-order valence-corrected chi connectivity index (χ1v) is 8.98. The Hall–Kier alpha value is -3.10. The second-order valence-electron chi connectivity index (χ2n) is 5.64. The summed E-state index contributed by atoms with van der Waals surface area (Å²) in [6.07, 6.45) is -3.39. The van der Waals surface area contributed by atoms with Crippen molar-refractivity contribution >= 4 is 27.5 Å². The molecule has 8 nitrogen and oxygen atoms in total. The molecule has 0 saturated carbocycles. The number of ether oxygens (including phenoxy) is 1. The fourth-order valence-corrected chi connectivity index (χ4v) is 3.04. The summed E-state index contributed by atoms with van der Waals surface area (Å²) in [5, 5.41) is 14.6. The Labute approximate surface area is 174 Å². The van der Waals surface area contributed by atoms with Gasteiger partial charge in [-0.25, -0.2) is 18.9 Å². The van der Waals surface area contributed by atoms with Gasteiger partial charge in [0.15, 0.2) is 5.69 Å². The monoisotopic (exact) mass is 483 g/mol. The second kappa shape index (κ2) is 8.50. The van der Waals surface area contributed by atoms with Crippen molar-refractivity contribution in [2.24, 2.45) is 0 Å². The molecule has 0 aliphatic heterocycles. The van der Waals surface area contributed by atoms with Gasteiger partial charge in [-0.2, -0.15) is 10.4 Å². The lowest BCUT2D eigenvalue weighted by molar-refractivity contribution is 0.141. The van der Waals surface area contributed by atoms with Crippen LogP contribution in [0, 0.1) is 11.3 Å². The lowest BCUT2D eigenvalue weighted by atomic mass is 10.2. The molecule has 3 rings (SSSR count). The molecule has 2 heterocycles. The van der Waals surface area contributed by atoms with Crippen LogP contribution in [0.25, 0.3) is 0 Å². The van der Waals surface area contributed by atoms with E-state index in [4.69, 9.17) is 21.6 Å². The van der Waals surface area contributed by atoms with Gasteiger partial charge in [-0.05, 0) is 24.3 Å². The number of nitrogens with one attached hydrogen (secondary N) is 2. The van der Waals surface area contributed by atoms with Gasteiger partial charge in [-0.3, -0.25) is 9.59 Å². The lowest BCUT2D eigenvalue weighted by Crippen LogP contribution is -2.20. The van der Waals surface area contributed by atoms with Crippen molar-refractivity contribution in [1.29, 1.82) is 5.26 Å². The molecule has 0 amide bonds. The Balaban J connectivity index is 2.02. The molecule has 0 radical (unpaired) electrons. The molecule has 2 N–H and O–H groups in total. The normalized spacial score (nSPS) is 10.8. The molecule has 12 heteroatoms. The van der Waals surface area contributed by atoms with Crippen molar-refractivity contribution < 1.29 is 13.5 Å². The minimum Gasteiger partial charge on any atom is -0.449 e. The summed E-state index contributed by atoms with van der Waals surface area (Å²) in [5.74, 6) is -0.903. The molecule has 0 spiro atoms. The highest BCUT2D eigenvalue weighted by atomic mass is 79.9. The highest BCUT2D eigenvalue weighted by Crippen LogP contribution is 2.30. The van der Waals surface area contributed by atoms with E-state index < -0.39 is 29.0 Å². The van der Waals surface area contributed by atoms with Crippen LogP contribution in [0.2, 0.25) is 5.15 Å². The Kier molecular flexibility index (Phi) is 6.05. The summed E-state index contributed by atoms with van der Waals surface area (Å²) in [6, 6.07) is 7.30. The third kappa shape index (κ3) is 4.85. The van der Waals surface area contributed by atoms with Gasteiger partial charge in [-0.1, -0.05) is 27.5 Å². The zero-order valence-electron chi connectivity index (χ0n) is 14.2. The summed E-state index contributed by atoms with van der Waals surface area (Å²) in [5.41, 5.74) is -2.20. The van der Waals surface area contributed by atoms with E-state index >= 15 is 0 Å². The molecular formula is C17H9BrClF2N5O3. The number of hydrogen-bond donors (Lipinski definition) is 2. The van der Waals surface area contributed by atoms with Crippen molar-refractivity contribution in [3.05, 3.63) is 77.2 Å². The van der Waals surface area contributed by atoms with Crippen molar-refractivity contribution in [1.82, 2.24) is 20.2 Å². The zero-order valence-corrected chi connectivity index (χ0v) is 16.5. The number of nitriles is 1.